The smallest absolute Gasteiger partial charge is 0.126 e. The van der Waals surface area contributed by atoms with Crippen molar-refractivity contribution in [3.63, 3.8) is 0 Å². The molecule has 148 valence electrons. The molecule has 2 aliphatic rings. The maximum absolute atomic E-state index is 14.0. The fourth-order valence-corrected chi connectivity index (χ4v) is 4.36. The maximum Gasteiger partial charge on any atom is 0.126 e. The molecule has 2 aromatic carbocycles. The second-order valence-corrected chi connectivity index (χ2v) is 8.23. The summed E-state index contributed by atoms with van der Waals surface area (Å²) in [7, 11) is 1.86. The highest BCUT2D eigenvalue weighted by molar-refractivity contribution is 5.46. The van der Waals surface area contributed by atoms with Crippen LogP contribution in [0.5, 0.6) is 0 Å². The Labute approximate surface area is 170 Å². The molecule has 2 fully saturated rings. The zero-order chi connectivity index (χ0) is 21.0. The van der Waals surface area contributed by atoms with E-state index in [-0.39, 0.29) is 11.3 Å². The monoisotopic (exact) mass is 391 g/mol. The second kappa shape index (κ2) is 6.45. The normalized spacial score (nSPS) is 25.3. The van der Waals surface area contributed by atoms with E-state index in [1.165, 1.54) is 12.1 Å². The summed E-state index contributed by atoms with van der Waals surface area (Å²) >= 11 is 0. The molecule has 1 saturated carbocycles. The van der Waals surface area contributed by atoms with Gasteiger partial charge in [-0.05, 0) is 48.6 Å². The Kier molecular flexibility index (Phi) is 4.27. The molecule has 0 aromatic heterocycles. The lowest BCUT2D eigenvalue weighted by atomic mass is 9.72. The van der Waals surface area contributed by atoms with E-state index in [4.69, 9.17) is 0 Å². The largest absolute Gasteiger partial charge is 0.362 e. The molecule has 1 aliphatic heterocycles. The van der Waals surface area contributed by atoms with Gasteiger partial charge in [-0.2, -0.15) is 5.26 Å². The summed E-state index contributed by atoms with van der Waals surface area (Å²) in [6.07, 6.45) is 1.76. The number of rotatable bonds is 3. The van der Waals surface area contributed by atoms with Crippen LogP contribution in [0, 0.1) is 23.0 Å². The molecular weight excluding hydrogens is 368 g/mol. The predicted molar refractivity (Wildman–Crippen MR) is 109 cm³/mol. The highest BCUT2D eigenvalue weighted by Gasteiger charge is 2.47. The van der Waals surface area contributed by atoms with E-state index in [0.717, 1.165) is 35.7 Å². The van der Waals surface area contributed by atoms with Crippen molar-refractivity contribution in [3.05, 3.63) is 95.5 Å². The fourth-order valence-electron chi connectivity index (χ4n) is 4.36. The van der Waals surface area contributed by atoms with Crippen LogP contribution in [-0.4, -0.2) is 11.9 Å². The Morgan fingerprint density at radius 1 is 1.07 bits per heavy atom. The molecule has 29 heavy (non-hydrogen) atoms. The zero-order valence-corrected chi connectivity index (χ0v) is 16.6. The maximum atomic E-state index is 14.0. The summed E-state index contributed by atoms with van der Waals surface area (Å²) < 4.78 is 28.1. The van der Waals surface area contributed by atoms with Crippen molar-refractivity contribution in [1.29, 1.82) is 5.26 Å². The molecular formula is C24H23F2N3. The van der Waals surface area contributed by atoms with Gasteiger partial charge in [0, 0.05) is 18.8 Å². The molecule has 0 unspecified atom stereocenters. The minimum atomic E-state index is -0.850. The first-order valence-electron chi connectivity index (χ1n) is 9.58. The summed E-state index contributed by atoms with van der Waals surface area (Å²) in [6, 6.07) is 13.9. The molecule has 1 aliphatic carbocycles. The van der Waals surface area contributed by atoms with E-state index in [1.807, 2.05) is 43.1 Å². The van der Waals surface area contributed by atoms with Crippen LogP contribution in [0.1, 0.15) is 42.4 Å². The van der Waals surface area contributed by atoms with Gasteiger partial charge in [-0.25, -0.2) is 8.78 Å². The molecule has 3 nitrogen and oxygen atoms in total. The highest BCUT2D eigenvalue weighted by atomic mass is 19.1. The number of benzene rings is 2. The third-order valence-electron chi connectivity index (χ3n) is 6.37. The Morgan fingerprint density at radius 2 is 1.66 bits per heavy atom. The standard InChI is InChI=1S/C24H23F2N3/c1-15-22(17-5-7-18(8-6-17)24(14-27)9-10-24)23(3,28-16(2)29(15)4)19-11-20(25)13-21(26)12-19/h5-8,11-13,22,28H,1-2,9-10H2,3-4H3/t22-,23-/m1/s1. The van der Waals surface area contributed by atoms with Crippen LogP contribution in [0.4, 0.5) is 8.78 Å². The van der Waals surface area contributed by atoms with Crippen LogP contribution >= 0.6 is 0 Å². The van der Waals surface area contributed by atoms with Crippen LogP contribution in [0.15, 0.2) is 67.1 Å². The van der Waals surface area contributed by atoms with Gasteiger partial charge in [-0.15, -0.1) is 0 Å². The fraction of sp³-hybridized carbons (Fsp3) is 0.292. The number of nitriles is 1. The lowest BCUT2D eigenvalue weighted by molar-refractivity contribution is 0.232. The molecule has 4 rings (SSSR count). The van der Waals surface area contributed by atoms with Gasteiger partial charge in [0.05, 0.1) is 28.8 Å². The Morgan fingerprint density at radius 3 is 2.17 bits per heavy atom. The first-order valence-corrected chi connectivity index (χ1v) is 9.58. The van der Waals surface area contributed by atoms with Crippen LogP contribution in [0.3, 0.4) is 0 Å². The second-order valence-electron chi connectivity index (χ2n) is 8.23. The van der Waals surface area contributed by atoms with E-state index in [9.17, 15) is 14.0 Å². The number of nitrogens with one attached hydrogen (secondary N) is 1. The summed E-state index contributed by atoms with van der Waals surface area (Å²) in [4.78, 5) is 1.85. The van der Waals surface area contributed by atoms with Gasteiger partial charge in [0.2, 0.25) is 0 Å². The quantitative estimate of drug-likeness (QED) is 0.797. The summed E-state index contributed by atoms with van der Waals surface area (Å²) in [5.74, 6) is -0.934. The van der Waals surface area contributed by atoms with Crippen molar-refractivity contribution in [2.75, 3.05) is 7.05 Å². The number of halogens is 2. The first-order chi connectivity index (χ1) is 13.7. The van der Waals surface area contributed by atoms with Crippen molar-refractivity contribution in [3.8, 4) is 6.07 Å². The van der Waals surface area contributed by atoms with E-state index >= 15 is 0 Å². The Bertz CT molecular complexity index is 1030. The molecule has 2 aromatic rings. The lowest BCUT2D eigenvalue weighted by Gasteiger charge is -2.49. The topological polar surface area (TPSA) is 39.1 Å². The van der Waals surface area contributed by atoms with Crippen LogP contribution < -0.4 is 5.32 Å². The number of hydrogen-bond donors (Lipinski definition) is 1. The van der Waals surface area contributed by atoms with Gasteiger partial charge >= 0.3 is 0 Å². The Hall–Kier alpha value is -3.13. The molecule has 1 N–H and O–H groups in total. The number of hydrogen-bond acceptors (Lipinski definition) is 3. The zero-order valence-electron chi connectivity index (χ0n) is 16.6. The minimum absolute atomic E-state index is 0.287. The van der Waals surface area contributed by atoms with Gasteiger partial charge in [0.1, 0.15) is 11.6 Å². The van der Waals surface area contributed by atoms with Gasteiger partial charge in [-0.1, -0.05) is 37.4 Å². The molecule has 0 radical (unpaired) electrons. The molecule has 0 spiro atoms. The molecule has 5 heteroatoms. The van der Waals surface area contributed by atoms with Gasteiger partial charge in [0.25, 0.3) is 0 Å². The predicted octanol–water partition coefficient (Wildman–Crippen LogP) is 5.04. The average Bonchev–Trinajstić information content (AvgIpc) is 3.47. The van der Waals surface area contributed by atoms with Crippen molar-refractivity contribution in [1.82, 2.24) is 10.2 Å². The molecule has 0 amide bonds. The molecule has 1 heterocycles. The van der Waals surface area contributed by atoms with Crippen molar-refractivity contribution >= 4 is 0 Å². The van der Waals surface area contributed by atoms with Gasteiger partial charge in [-0.3, -0.25) is 0 Å². The van der Waals surface area contributed by atoms with Gasteiger partial charge < -0.3 is 10.2 Å². The van der Waals surface area contributed by atoms with Gasteiger partial charge in [0.15, 0.2) is 0 Å². The third kappa shape index (κ3) is 3.00. The van der Waals surface area contributed by atoms with E-state index < -0.39 is 17.2 Å². The minimum Gasteiger partial charge on any atom is -0.362 e. The average molecular weight is 391 g/mol. The van der Waals surface area contributed by atoms with Crippen molar-refractivity contribution in [2.45, 2.75) is 36.6 Å². The summed E-state index contributed by atoms with van der Waals surface area (Å²) in [5.41, 5.74) is 2.00. The van der Waals surface area contributed by atoms with Crippen molar-refractivity contribution in [2.24, 2.45) is 0 Å². The summed E-state index contributed by atoms with van der Waals surface area (Å²) in [6.45, 7) is 10.2. The van der Waals surface area contributed by atoms with E-state index in [2.05, 4.69) is 24.5 Å². The lowest BCUT2D eigenvalue weighted by Crippen LogP contribution is -2.53. The molecule has 2 atom stereocenters. The first kappa shape index (κ1) is 19.2. The van der Waals surface area contributed by atoms with E-state index in [1.54, 1.807) is 0 Å². The van der Waals surface area contributed by atoms with E-state index in [0.29, 0.717) is 11.4 Å². The Balaban J connectivity index is 1.82. The number of nitrogens with zero attached hydrogens (tertiary/aromatic N) is 2. The molecule has 0 bridgehead atoms. The molecule has 1 saturated heterocycles. The SMILES string of the molecule is C=C1N[C@](C)(c2cc(F)cc(F)c2)[C@@H](c2ccc(C3(C#N)CC3)cc2)C(=C)N1C. The highest BCUT2D eigenvalue weighted by Crippen LogP contribution is 2.50. The van der Waals surface area contributed by atoms with Crippen LogP contribution in [-0.2, 0) is 11.0 Å². The van der Waals surface area contributed by atoms with Crippen LogP contribution in [0.25, 0.3) is 0 Å². The number of likely N-dealkylation sites (N-methyl/N-ethyl adjacent to an activating group) is 1. The third-order valence-corrected chi connectivity index (χ3v) is 6.37. The van der Waals surface area contributed by atoms with Crippen molar-refractivity contribution < 1.29 is 8.78 Å². The summed E-state index contributed by atoms with van der Waals surface area (Å²) in [5, 5.41) is 12.8. The van der Waals surface area contributed by atoms with Crippen LogP contribution in [0.2, 0.25) is 0 Å².